The minimum absolute atomic E-state index is 0.0258. The van der Waals surface area contributed by atoms with Crippen LogP contribution in [-0.2, 0) is 6.54 Å². The molecule has 1 N–H and O–H groups in total. The van der Waals surface area contributed by atoms with Crippen molar-refractivity contribution in [3.8, 4) is 0 Å². The smallest absolute Gasteiger partial charge is 0.270 e. The Balaban J connectivity index is 1.77. The lowest BCUT2D eigenvalue weighted by Gasteiger charge is -2.07. The summed E-state index contributed by atoms with van der Waals surface area (Å²) >= 11 is 3.42. The van der Waals surface area contributed by atoms with E-state index < -0.39 is 4.92 Å². The van der Waals surface area contributed by atoms with Gasteiger partial charge in [0, 0.05) is 40.4 Å². The number of rotatable bonds is 4. The van der Waals surface area contributed by atoms with Crippen molar-refractivity contribution < 1.29 is 9.34 Å². The van der Waals surface area contributed by atoms with Crippen molar-refractivity contribution in [1.29, 1.82) is 0 Å². The Morgan fingerprint density at radius 3 is 2.72 bits per heavy atom. The number of halogens is 1. The van der Waals surface area contributed by atoms with Crippen LogP contribution in [0.2, 0.25) is 0 Å². The van der Waals surface area contributed by atoms with Crippen molar-refractivity contribution in [2.45, 2.75) is 6.54 Å². The summed E-state index contributed by atoms with van der Waals surface area (Å²) in [6.45, 7) is 0.619. The van der Waals surface area contributed by atoms with Crippen LogP contribution in [0.15, 0.2) is 63.6 Å². The Morgan fingerprint density at radius 1 is 1.16 bits per heavy atom. The van der Waals surface area contributed by atoms with Crippen LogP contribution >= 0.6 is 15.9 Å². The number of aromatic nitrogens is 1. The SMILES string of the molecule is O=[N+]([O-])c1ccc2oc3nccc(NCc4ccc(Br)cc4)c3c2c1. The molecule has 7 heteroatoms. The highest BCUT2D eigenvalue weighted by Crippen LogP contribution is 2.35. The third kappa shape index (κ3) is 2.94. The molecule has 124 valence electrons. The van der Waals surface area contributed by atoms with E-state index in [1.807, 2.05) is 30.3 Å². The number of furan rings is 1. The topological polar surface area (TPSA) is 81.2 Å². The van der Waals surface area contributed by atoms with E-state index in [2.05, 4.69) is 26.2 Å². The van der Waals surface area contributed by atoms with Crippen molar-refractivity contribution in [2.75, 3.05) is 5.32 Å². The van der Waals surface area contributed by atoms with E-state index in [1.165, 1.54) is 12.1 Å². The molecule has 25 heavy (non-hydrogen) atoms. The van der Waals surface area contributed by atoms with Crippen LogP contribution in [-0.4, -0.2) is 9.91 Å². The summed E-state index contributed by atoms with van der Waals surface area (Å²) in [6.07, 6.45) is 1.66. The lowest BCUT2D eigenvalue weighted by atomic mass is 10.1. The highest BCUT2D eigenvalue weighted by atomic mass is 79.9. The van der Waals surface area contributed by atoms with Crippen LogP contribution in [0.25, 0.3) is 22.1 Å². The molecule has 0 spiro atoms. The van der Waals surface area contributed by atoms with Crippen LogP contribution in [0.3, 0.4) is 0 Å². The molecule has 6 nitrogen and oxygen atoms in total. The number of pyridine rings is 1. The molecule has 0 saturated heterocycles. The molecule has 4 rings (SSSR count). The summed E-state index contributed by atoms with van der Waals surface area (Å²) in [5, 5.41) is 15.9. The number of anilines is 1. The van der Waals surface area contributed by atoms with E-state index in [4.69, 9.17) is 4.42 Å². The maximum atomic E-state index is 11.1. The van der Waals surface area contributed by atoms with Gasteiger partial charge in [0.15, 0.2) is 0 Å². The van der Waals surface area contributed by atoms with Crippen molar-refractivity contribution >= 4 is 49.4 Å². The van der Waals surface area contributed by atoms with Crippen molar-refractivity contribution in [1.82, 2.24) is 4.98 Å². The number of hydrogen-bond donors (Lipinski definition) is 1. The second-order valence-electron chi connectivity index (χ2n) is 5.56. The van der Waals surface area contributed by atoms with Gasteiger partial charge < -0.3 is 9.73 Å². The van der Waals surface area contributed by atoms with Gasteiger partial charge in [-0.15, -0.1) is 0 Å². The van der Waals surface area contributed by atoms with Crippen LogP contribution in [0, 0.1) is 10.1 Å². The third-order valence-corrected chi connectivity index (χ3v) is 4.49. The van der Waals surface area contributed by atoms with Gasteiger partial charge in [0.1, 0.15) is 5.58 Å². The standard InChI is InChI=1S/C18H12BrN3O3/c19-12-3-1-11(2-4-12)10-21-15-7-8-20-18-17(15)14-9-13(22(23)24)5-6-16(14)25-18/h1-9H,10H2,(H,20,21). The first kappa shape index (κ1) is 15.6. The number of non-ortho nitro benzene ring substituents is 1. The molecular weight excluding hydrogens is 386 g/mol. The van der Waals surface area contributed by atoms with Gasteiger partial charge in [-0.1, -0.05) is 28.1 Å². The first-order valence-corrected chi connectivity index (χ1v) is 8.35. The van der Waals surface area contributed by atoms with Crippen LogP contribution in [0.4, 0.5) is 11.4 Å². The number of nitro benzene ring substituents is 1. The minimum atomic E-state index is -0.413. The number of hydrogen-bond acceptors (Lipinski definition) is 5. The average molecular weight is 398 g/mol. The molecule has 4 aromatic rings. The Bertz CT molecular complexity index is 1090. The number of nitro groups is 1. The molecule has 0 radical (unpaired) electrons. The molecule has 0 saturated carbocycles. The van der Waals surface area contributed by atoms with Crippen molar-refractivity contribution in [3.63, 3.8) is 0 Å². The molecule has 0 fully saturated rings. The van der Waals surface area contributed by atoms with E-state index in [9.17, 15) is 10.1 Å². The molecule has 0 aliphatic rings. The Hall–Kier alpha value is -2.93. The van der Waals surface area contributed by atoms with Gasteiger partial charge in [-0.05, 0) is 29.8 Å². The highest BCUT2D eigenvalue weighted by Gasteiger charge is 2.15. The summed E-state index contributed by atoms with van der Waals surface area (Å²) in [5.74, 6) is 0. The van der Waals surface area contributed by atoms with Gasteiger partial charge in [-0.3, -0.25) is 10.1 Å². The van der Waals surface area contributed by atoms with Crippen LogP contribution < -0.4 is 5.32 Å². The van der Waals surface area contributed by atoms with Gasteiger partial charge in [0.25, 0.3) is 5.69 Å². The minimum Gasteiger partial charge on any atom is -0.438 e. The Kier molecular flexibility index (Phi) is 3.85. The number of nitrogens with one attached hydrogen (secondary N) is 1. The quantitative estimate of drug-likeness (QED) is 0.375. The molecule has 2 aromatic heterocycles. The Labute approximate surface area is 150 Å². The largest absolute Gasteiger partial charge is 0.438 e. The Morgan fingerprint density at radius 2 is 1.96 bits per heavy atom. The van der Waals surface area contributed by atoms with Gasteiger partial charge in [-0.25, -0.2) is 4.98 Å². The zero-order valence-corrected chi connectivity index (χ0v) is 14.5. The van der Waals surface area contributed by atoms with Gasteiger partial charge in [0.2, 0.25) is 5.71 Å². The first-order chi connectivity index (χ1) is 12.1. The van der Waals surface area contributed by atoms with Crippen LogP contribution in [0.1, 0.15) is 5.56 Å². The van der Waals surface area contributed by atoms with E-state index in [-0.39, 0.29) is 5.69 Å². The summed E-state index contributed by atoms with van der Waals surface area (Å²) in [4.78, 5) is 14.9. The van der Waals surface area contributed by atoms with E-state index in [1.54, 1.807) is 12.3 Å². The number of nitrogens with zero attached hydrogens (tertiary/aromatic N) is 2. The summed E-state index contributed by atoms with van der Waals surface area (Å²) in [7, 11) is 0. The summed E-state index contributed by atoms with van der Waals surface area (Å²) < 4.78 is 6.74. The molecule has 0 bridgehead atoms. The van der Waals surface area contributed by atoms with Gasteiger partial charge >= 0.3 is 0 Å². The van der Waals surface area contributed by atoms with Gasteiger partial charge in [0.05, 0.1) is 10.3 Å². The zero-order chi connectivity index (χ0) is 17.4. The van der Waals surface area contributed by atoms with E-state index >= 15 is 0 Å². The normalized spacial score (nSPS) is 11.1. The monoisotopic (exact) mass is 397 g/mol. The lowest BCUT2D eigenvalue weighted by molar-refractivity contribution is -0.384. The van der Waals surface area contributed by atoms with E-state index in [0.717, 1.165) is 21.1 Å². The summed E-state index contributed by atoms with van der Waals surface area (Å²) in [5.41, 5.74) is 3.00. The predicted octanol–water partition coefficient (Wildman–Crippen LogP) is 5.26. The maximum Gasteiger partial charge on any atom is 0.270 e. The number of fused-ring (bicyclic) bond motifs is 3. The molecule has 2 aromatic carbocycles. The molecule has 0 atom stereocenters. The molecule has 0 aliphatic carbocycles. The summed E-state index contributed by atoms with van der Waals surface area (Å²) in [6, 6.07) is 14.4. The predicted molar refractivity (Wildman–Crippen MR) is 99.6 cm³/mol. The van der Waals surface area contributed by atoms with Crippen molar-refractivity contribution in [3.05, 3.63) is 74.9 Å². The van der Waals surface area contributed by atoms with Gasteiger partial charge in [-0.2, -0.15) is 0 Å². The molecule has 0 aliphatic heterocycles. The maximum absolute atomic E-state index is 11.1. The zero-order valence-electron chi connectivity index (χ0n) is 12.9. The average Bonchev–Trinajstić information content (AvgIpc) is 2.99. The fraction of sp³-hybridized carbons (Fsp3) is 0.0556. The first-order valence-electron chi connectivity index (χ1n) is 7.56. The molecule has 0 amide bonds. The highest BCUT2D eigenvalue weighted by molar-refractivity contribution is 9.10. The molecule has 2 heterocycles. The van der Waals surface area contributed by atoms with Crippen molar-refractivity contribution in [2.24, 2.45) is 0 Å². The molecular formula is C18H12BrN3O3. The van der Waals surface area contributed by atoms with E-state index in [0.29, 0.717) is 23.2 Å². The molecule has 0 unspecified atom stereocenters. The second-order valence-corrected chi connectivity index (χ2v) is 6.47. The second kappa shape index (κ2) is 6.18. The van der Waals surface area contributed by atoms with Crippen LogP contribution in [0.5, 0.6) is 0 Å². The fourth-order valence-corrected chi connectivity index (χ4v) is 3.01. The lowest BCUT2D eigenvalue weighted by Crippen LogP contribution is -1.99. The fourth-order valence-electron chi connectivity index (χ4n) is 2.75. The number of benzene rings is 2. The third-order valence-electron chi connectivity index (χ3n) is 3.96.